The van der Waals surface area contributed by atoms with Gasteiger partial charge < -0.3 is 10.2 Å². The number of hydrogen-bond acceptors (Lipinski definition) is 3. The molecule has 0 atom stereocenters. The topological polar surface area (TPSA) is 49.6 Å². The molecule has 2 heterocycles. The molecular weight excluding hydrogens is 276 g/mol. The maximum Gasteiger partial charge on any atom is 0.270 e. The van der Waals surface area contributed by atoms with Gasteiger partial charge in [-0.2, -0.15) is 0 Å². The molecule has 0 aliphatic rings. The quantitative estimate of drug-likeness (QED) is 0.858. The monoisotopic (exact) mass is 294 g/mol. The van der Waals surface area contributed by atoms with E-state index in [1.165, 1.54) is 0 Å². The molecule has 20 heavy (non-hydrogen) atoms. The molecule has 108 valence electrons. The van der Waals surface area contributed by atoms with E-state index in [2.05, 4.69) is 15.2 Å². The van der Waals surface area contributed by atoms with Crippen LogP contribution in [0.4, 0.5) is 0 Å². The number of hydrogen-bond donors (Lipinski definition) is 1. The molecule has 0 saturated carbocycles. The summed E-state index contributed by atoms with van der Waals surface area (Å²) in [6.07, 6.45) is 2.69. The second-order valence-electron chi connectivity index (χ2n) is 5.03. The molecule has 0 unspecified atom stereocenters. The minimum atomic E-state index is -0.101. The number of nitrogens with one attached hydrogen (secondary N) is 1. The highest BCUT2D eigenvalue weighted by Gasteiger charge is 2.16. The highest BCUT2D eigenvalue weighted by atomic mass is 35.5. The standard InChI is InChI=1S/C14H19ClN4O/c1-10-13(14(20)16-6-4-7-18(2)3)19-8-5-11(15)9-12(19)17-10/h5,8-9H,4,6-7H2,1-3H3,(H,16,20). The van der Waals surface area contributed by atoms with Crippen molar-refractivity contribution in [1.82, 2.24) is 19.6 Å². The van der Waals surface area contributed by atoms with Gasteiger partial charge in [0, 0.05) is 23.8 Å². The summed E-state index contributed by atoms with van der Waals surface area (Å²) in [5.41, 5.74) is 1.97. The summed E-state index contributed by atoms with van der Waals surface area (Å²) in [4.78, 5) is 18.7. The van der Waals surface area contributed by atoms with Crippen LogP contribution < -0.4 is 5.32 Å². The van der Waals surface area contributed by atoms with E-state index < -0.39 is 0 Å². The summed E-state index contributed by atoms with van der Waals surface area (Å²) in [7, 11) is 4.03. The van der Waals surface area contributed by atoms with Crippen molar-refractivity contribution in [2.75, 3.05) is 27.2 Å². The molecule has 2 rings (SSSR count). The van der Waals surface area contributed by atoms with Gasteiger partial charge in [-0.3, -0.25) is 9.20 Å². The number of amides is 1. The van der Waals surface area contributed by atoms with Crippen molar-refractivity contribution < 1.29 is 4.79 Å². The number of carbonyl (C=O) groups excluding carboxylic acids is 1. The lowest BCUT2D eigenvalue weighted by molar-refractivity contribution is 0.0946. The first-order valence-electron chi connectivity index (χ1n) is 6.56. The van der Waals surface area contributed by atoms with Crippen LogP contribution in [0.2, 0.25) is 5.02 Å². The third-order valence-corrected chi connectivity index (χ3v) is 3.28. The van der Waals surface area contributed by atoms with Crippen molar-refractivity contribution in [2.24, 2.45) is 0 Å². The van der Waals surface area contributed by atoms with Crippen LogP contribution in [0.15, 0.2) is 18.3 Å². The van der Waals surface area contributed by atoms with Crippen LogP contribution in [-0.4, -0.2) is 47.4 Å². The summed E-state index contributed by atoms with van der Waals surface area (Å²) in [6.45, 7) is 3.43. The number of pyridine rings is 1. The Kier molecular flexibility index (Phi) is 4.62. The van der Waals surface area contributed by atoms with Gasteiger partial charge in [-0.25, -0.2) is 4.98 Å². The Labute approximate surface area is 123 Å². The highest BCUT2D eigenvalue weighted by Crippen LogP contribution is 2.16. The summed E-state index contributed by atoms with van der Waals surface area (Å²) in [5.74, 6) is -0.101. The Bertz CT molecular complexity index is 621. The Morgan fingerprint density at radius 1 is 1.50 bits per heavy atom. The lowest BCUT2D eigenvalue weighted by Crippen LogP contribution is -2.28. The van der Waals surface area contributed by atoms with Gasteiger partial charge in [-0.05, 0) is 40.1 Å². The van der Waals surface area contributed by atoms with Crippen LogP contribution in [0.5, 0.6) is 0 Å². The largest absolute Gasteiger partial charge is 0.351 e. The molecule has 0 bridgehead atoms. The van der Waals surface area contributed by atoms with Crippen molar-refractivity contribution >= 4 is 23.2 Å². The Morgan fingerprint density at radius 2 is 2.25 bits per heavy atom. The predicted molar refractivity (Wildman–Crippen MR) is 80.4 cm³/mol. The van der Waals surface area contributed by atoms with E-state index >= 15 is 0 Å². The van der Waals surface area contributed by atoms with Crippen LogP contribution in [0.3, 0.4) is 0 Å². The molecule has 2 aromatic heterocycles. The van der Waals surface area contributed by atoms with Crippen LogP contribution in [0, 0.1) is 6.92 Å². The Morgan fingerprint density at radius 3 is 2.95 bits per heavy atom. The molecule has 5 nitrogen and oxygen atoms in total. The number of aryl methyl sites for hydroxylation is 1. The van der Waals surface area contributed by atoms with Crippen LogP contribution in [-0.2, 0) is 0 Å². The first kappa shape index (κ1) is 14.8. The Hall–Kier alpha value is -1.59. The summed E-state index contributed by atoms with van der Waals surface area (Å²) < 4.78 is 1.77. The molecule has 0 saturated heterocycles. The van der Waals surface area contributed by atoms with Crippen LogP contribution >= 0.6 is 11.6 Å². The van der Waals surface area contributed by atoms with Crippen molar-refractivity contribution in [3.05, 3.63) is 34.7 Å². The van der Waals surface area contributed by atoms with E-state index in [1.807, 2.05) is 21.0 Å². The molecule has 0 aliphatic carbocycles. The maximum atomic E-state index is 12.3. The van der Waals surface area contributed by atoms with E-state index in [1.54, 1.807) is 22.7 Å². The first-order valence-corrected chi connectivity index (χ1v) is 6.94. The number of fused-ring (bicyclic) bond motifs is 1. The third kappa shape index (κ3) is 3.29. The van der Waals surface area contributed by atoms with E-state index in [0.29, 0.717) is 28.6 Å². The Balaban J connectivity index is 2.12. The molecule has 0 fully saturated rings. The molecule has 6 heteroatoms. The summed E-state index contributed by atoms with van der Waals surface area (Å²) in [5, 5.41) is 3.54. The SMILES string of the molecule is Cc1nc2cc(Cl)ccn2c1C(=O)NCCCN(C)C. The number of rotatable bonds is 5. The molecule has 1 amide bonds. The highest BCUT2D eigenvalue weighted by molar-refractivity contribution is 6.30. The van der Waals surface area contributed by atoms with E-state index in [9.17, 15) is 4.79 Å². The van der Waals surface area contributed by atoms with Crippen molar-refractivity contribution in [3.63, 3.8) is 0 Å². The number of halogens is 1. The molecule has 0 radical (unpaired) electrons. The number of aromatic nitrogens is 2. The molecule has 2 aromatic rings. The fraction of sp³-hybridized carbons (Fsp3) is 0.429. The maximum absolute atomic E-state index is 12.3. The van der Waals surface area contributed by atoms with E-state index in [4.69, 9.17) is 11.6 Å². The van der Waals surface area contributed by atoms with E-state index in [0.717, 1.165) is 13.0 Å². The van der Waals surface area contributed by atoms with Gasteiger partial charge in [-0.15, -0.1) is 0 Å². The van der Waals surface area contributed by atoms with Crippen LogP contribution in [0.25, 0.3) is 5.65 Å². The molecule has 0 spiro atoms. The molecule has 0 aromatic carbocycles. The van der Waals surface area contributed by atoms with Gasteiger partial charge in [0.15, 0.2) is 0 Å². The van der Waals surface area contributed by atoms with Crippen LogP contribution in [0.1, 0.15) is 22.6 Å². The lowest BCUT2D eigenvalue weighted by Gasteiger charge is -2.10. The number of nitrogens with zero attached hydrogens (tertiary/aromatic N) is 3. The van der Waals surface area contributed by atoms with Gasteiger partial charge >= 0.3 is 0 Å². The zero-order valence-corrected chi connectivity index (χ0v) is 12.7. The van der Waals surface area contributed by atoms with Crippen molar-refractivity contribution in [3.8, 4) is 0 Å². The first-order chi connectivity index (χ1) is 9.49. The summed E-state index contributed by atoms with van der Waals surface area (Å²) in [6, 6.07) is 3.50. The number of imidazole rings is 1. The minimum Gasteiger partial charge on any atom is -0.351 e. The van der Waals surface area contributed by atoms with Gasteiger partial charge in [0.25, 0.3) is 5.91 Å². The molecule has 0 aliphatic heterocycles. The third-order valence-electron chi connectivity index (χ3n) is 3.05. The van der Waals surface area contributed by atoms with Gasteiger partial charge in [-0.1, -0.05) is 11.6 Å². The molecular formula is C14H19ClN4O. The van der Waals surface area contributed by atoms with Crippen molar-refractivity contribution in [1.29, 1.82) is 0 Å². The normalized spacial score (nSPS) is 11.2. The van der Waals surface area contributed by atoms with Gasteiger partial charge in [0.05, 0.1) is 5.69 Å². The molecule has 1 N–H and O–H groups in total. The second kappa shape index (κ2) is 6.24. The second-order valence-corrected chi connectivity index (χ2v) is 5.47. The fourth-order valence-corrected chi connectivity index (χ4v) is 2.25. The predicted octanol–water partition coefficient (Wildman–Crippen LogP) is 1.98. The zero-order chi connectivity index (χ0) is 14.7. The zero-order valence-electron chi connectivity index (χ0n) is 12.0. The van der Waals surface area contributed by atoms with Gasteiger partial charge in [0.1, 0.15) is 11.3 Å². The average molecular weight is 295 g/mol. The van der Waals surface area contributed by atoms with Gasteiger partial charge in [0.2, 0.25) is 0 Å². The smallest absolute Gasteiger partial charge is 0.270 e. The average Bonchev–Trinajstić information content (AvgIpc) is 2.69. The van der Waals surface area contributed by atoms with Crippen molar-refractivity contribution in [2.45, 2.75) is 13.3 Å². The lowest BCUT2D eigenvalue weighted by atomic mass is 10.3. The fourth-order valence-electron chi connectivity index (χ4n) is 2.09. The number of carbonyl (C=O) groups is 1. The van der Waals surface area contributed by atoms with E-state index in [-0.39, 0.29) is 5.91 Å². The minimum absolute atomic E-state index is 0.101. The summed E-state index contributed by atoms with van der Waals surface area (Å²) >= 11 is 5.93.